The molecule has 1 saturated heterocycles. The lowest BCUT2D eigenvalue weighted by molar-refractivity contribution is 0.124. The third-order valence-electron chi connectivity index (χ3n) is 3.49. The average Bonchev–Trinajstić information content (AvgIpc) is 2.57. The fraction of sp³-hybridized carbons (Fsp3) is 0.357. The topological polar surface area (TPSA) is 85.3 Å². The predicted octanol–water partition coefficient (Wildman–Crippen LogP) is 1.10. The van der Waals surface area contributed by atoms with Crippen LogP contribution in [0.4, 0.5) is 0 Å². The molecule has 1 aliphatic rings. The Morgan fingerprint density at radius 3 is 2.45 bits per heavy atom. The Morgan fingerprint density at radius 1 is 1.09 bits per heavy atom. The van der Waals surface area contributed by atoms with Crippen molar-refractivity contribution in [1.29, 1.82) is 0 Å². The van der Waals surface area contributed by atoms with E-state index in [4.69, 9.17) is 4.74 Å². The third kappa shape index (κ3) is 3.23. The molecule has 2 aromatic heterocycles. The normalized spacial score (nSPS) is 17.3. The summed E-state index contributed by atoms with van der Waals surface area (Å²) in [5.41, 5.74) is 0. The molecule has 1 fully saturated rings. The average molecular weight is 320 g/mol. The highest BCUT2D eigenvalue weighted by Gasteiger charge is 2.30. The summed E-state index contributed by atoms with van der Waals surface area (Å²) in [6, 6.07) is 5.23. The summed E-state index contributed by atoms with van der Waals surface area (Å²) in [5, 5.41) is 0. The lowest BCUT2D eigenvalue weighted by Gasteiger charge is -2.30. The predicted molar refractivity (Wildman–Crippen MR) is 78.7 cm³/mol. The van der Waals surface area contributed by atoms with Crippen molar-refractivity contribution < 1.29 is 13.2 Å². The van der Waals surface area contributed by atoms with Crippen molar-refractivity contribution in [2.45, 2.75) is 23.8 Å². The van der Waals surface area contributed by atoms with Gasteiger partial charge in [0.05, 0.1) is 0 Å². The summed E-state index contributed by atoms with van der Waals surface area (Å²) in [6.07, 6.45) is 7.31. The van der Waals surface area contributed by atoms with Gasteiger partial charge in [-0.15, -0.1) is 0 Å². The lowest BCUT2D eigenvalue weighted by atomic mass is 10.1. The quantitative estimate of drug-likeness (QED) is 0.839. The molecule has 7 nitrogen and oxygen atoms in total. The van der Waals surface area contributed by atoms with E-state index in [-0.39, 0.29) is 11.0 Å². The molecule has 8 heteroatoms. The Kier molecular flexibility index (Phi) is 4.30. The number of sulfonamides is 1. The van der Waals surface area contributed by atoms with Gasteiger partial charge in [0.1, 0.15) is 11.0 Å². The lowest BCUT2D eigenvalue weighted by Crippen LogP contribution is -2.41. The molecule has 1 aliphatic heterocycles. The zero-order chi connectivity index (χ0) is 15.4. The molecule has 0 aromatic carbocycles. The van der Waals surface area contributed by atoms with Crippen LogP contribution in [0.25, 0.3) is 0 Å². The van der Waals surface area contributed by atoms with Crippen LogP contribution in [-0.4, -0.2) is 46.9 Å². The number of piperidine rings is 1. The highest BCUT2D eigenvalue weighted by molar-refractivity contribution is 7.89. The summed E-state index contributed by atoms with van der Waals surface area (Å²) in [5.74, 6) is 0. The van der Waals surface area contributed by atoms with E-state index in [1.165, 1.54) is 10.5 Å². The van der Waals surface area contributed by atoms with Crippen molar-refractivity contribution in [3.05, 3.63) is 43.0 Å². The summed E-state index contributed by atoms with van der Waals surface area (Å²) >= 11 is 0. The molecule has 0 unspecified atom stereocenters. The Hall–Kier alpha value is -2.06. The molecule has 0 spiro atoms. The second-order valence-electron chi connectivity index (χ2n) is 4.94. The third-order valence-corrected chi connectivity index (χ3v) is 5.37. The molecule has 0 amide bonds. The van der Waals surface area contributed by atoms with Crippen molar-refractivity contribution in [3.8, 4) is 6.01 Å². The maximum Gasteiger partial charge on any atom is 0.316 e. The van der Waals surface area contributed by atoms with Gasteiger partial charge in [-0.3, -0.25) is 4.98 Å². The smallest absolute Gasteiger partial charge is 0.316 e. The molecule has 22 heavy (non-hydrogen) atoms. The van der Waals surface area contributed by atoms with Crippen molar-refractivity contribution in [2.75, 3.05) is 13.1 Å². The number of aromatic nitrogens is 3. The van der Waals surface area contributed by atoms with Crippen LogP contribution in [0.1, 0.15) is 12.8 Å². The van der Waals surface area contributed by atoms with E-state index in [1.54, 1.807) is 36.8 Å². The van der Waals surface area contributed by atoms with E-state index in [1.807, 2.05) is 0 Å². The largest absolute Gasteiger partial charge is 0.460 e. The molecule has 0 aliphatic carbocycles. The van der Waals surface area contributed by atoms with Crippen LogP contribution in [-0.2, 0) is 10.0 Å². The summed E-state index contributed by atoms with van der Waals surface area (Å²) in [4.78, 5) is 12.1. The van der Waals surface area contributed by atoms with E-state index in [9.17, 15) is 8.42 Å². The highest BCUT2D eigenvalue weighted by atomic mass is 32.2. The van der Waals surface area contributed by atoms with Gasteiger partial charge in [-0.25, -0.2) is 18.4 Å². The van der Waals surface area contributed by atoms with E-state index < -0.39 is 10.0 Å². The first kappa shape index (κ1) is 14.9. The highest BCUT2D eigenvalue weighted by Crippen LogP contribution is 2.21. The molecule has 0 N–H and O–H groups in total. The zero-order valence-corrected chi connectivity index (χ0v) is 12.7. The summed E-state index contributed by atoms with van der Waals surface area (Å²) in [6.45, 7) is 0.823. The molecule has 0 atom stereocenters. The minimum atomic E-state index is -3.47. The Balaban J connectivity index is 1.62. The number of pyridine rings is 1. The molecule has 0 radical (unpaired) electrons. The van der Waals surface area contributed by atoms with Gasteiger partial charge in [0, 0.05) is 37.9 Å². The van der Waals surface area contributed by atoms with Crippen LogP contribution in [0.2, 0.25) is 0 Å². The fourth-order valence-electron chi connectivity index (χ4n) is 2.33. The van der Waals surface area contributed by atoms with Gasteiger partial charge >= 0.3 is 6.01 Å². The van der Waals surface area contributed by atoms with Gasteiger partial charge in [-0.1, -0.05) is 0 Å². The standard InChI is InChI=1S/C14H16N4O3S/c19-22(20,13-3-1-6-15-11-13)18-9-4-12(5-10-18)21-14-16-7-2-8-17-14/h1-3,6-8,11-12H,4-5,9-10H2. The number of ether oxygens (including phenoxy) is 1. The first-order chi connectivity index (χ1) is 10.7. The van der Waals surface area contributed by atoms with Crippen LogP contribution >= 0.6 is 0 Å². The molecular weight excluding hydrogens is 304 g/mol. The summed E-state index contributed by atoms with van der Waals surface area (Å²) in [7, 11) is -3.47. The van der Waals surface area contributed by atoms with Gasteiger partial charge in [-0.2, -0.15) is 4.31 Å². The maximum absolute atomic E-state index is 12.5. The van der Waals surface area contributed by atoms with Crippen molar-refractivity contribution in [2.24, 2.45) is 0 Å². The number of hydrogen-bond donors (Lipinski definition) is 0. The van der Waals surface area contributed by atoms with Crippen LogP contribution in [0.15, 0.2) is 47.9 Å². The molecular formula is C14H16N4O3S. The second kappa shape index (κ2) is 6.37. The minimum Gasteiger partial charge on any atom is -0.460 e. The molecule has 116 valence electrons. The van der Waals surface area contributed by atoms with E-state index in [2.05, 4.69) is 15.0 Å². The first-order valence-electron chi connectivity index (χ1n) is 7.00. The van der Waals surface area contributed by atoms with Crippen LogP contribution in [0.5, 0.6) is 6.01 Å². The van der Waals surface area contributed by atoms with Crippen LogP contribution in [0, 0.1) is 0 Å². The second-order valence-corrected chi connectivity index (χ2v) is 6.88. The maximum atomic E-state index is 12.5. The van der Waals surface area contributed by atoms with Gasteiger partial charge < -0.3 is 4.74 Å². The Labute approximate surface area is 129 Å². The van der Waals surface area contributed by atoms with Crippen LogP contribution < -0.4 is 4.74 Å². The van der Waals surface area contributed by atoms with E-state index in [0.29, 0.717) is 31.9 Å². The number of rotatable bonds is 4. The van der Waals surface area contributed by atoms with E-state index >= 15 is 0 Å². The Bertz CT molecular complexity index is 701. The van der Waals surface area contributed by atoms with E-state index in [0.717, 1.165) is 0 Å². The van der Waals surface area contributed by atoms with Gasteiger partial charge in [0.15, 0.2) is 0 Å². The Morgan fingerprint density at radius 2 is 1.82 bits per heavy atom. The van der Waals surface area contributed by atoms with Gasteiger partial charge in [0.2, 0.25) is 10.0 Å². The minimum absolute atomic E-state index is 0.0669. The SMILES string of the molecule is O=S(=O)(c1cccnc1)N1CCC(Oc2ncccn2)CC1. The molecule has 3 heterocycles. The van der Waals surface area contributed by atoms with Crippen LogP contribution in [0.3, 0.4) is 0 Å². The molecule has 0 saturated carbocycles. The summed E-state index contributed by atoms with van der Waals surface area (Å²) < 4.78 is 32.1. The number of hydrogen-bond acceptors (Lipinski definition) is 6. The molecule has 3 rings (SSSR count). The van der Waals surface area contributed by atoms with Gasteiger partial charge in [0.25, 0.3) is 0 Å². The van der Waals surface area contributed by atoms with Crippen molar-refractivity contribution in [1.82, 2.24) is 19.3 Å². The first-order valence-corrected chi connectivity index (χ1v) is 8.44. The fourth-order valence-corrected chi connectivity index (χ4v) is 3.77. The monoisotopic (exact) mass is 320 g/mol. The number of nitrogens with zero attached hydrogens (tertiary/aromatic N) is 4. The molecule has 2 aromatic rings. The zero-order valence-electron chi connectivity index (χ0n) is 11.9. The van der Waals surface area contributed by atoms with Gasteiger partial charge in [-0.05, 0) is 31.0 Å². The van der Waals surface area contributed by atoms with Crippen molar-refractivity contribution >= 4 is 10.0 Å². The molecule has 0 bridgehead atoms. The van der Waals surface area contributed by atoms with Crippen molar-refractivity contribution in [3.63, 3.8) is 0 Å².